The minimum atomic E-state index is -0.464. The third kappa shape index (κ3) is 5.71. The molecule has 0 N–H and O–H groups in total. The molecule has 0 aliphatic rings. The lowest BCUT2D eigenvalue weighted by Crippen LogP contribution is -2.32. The zero-order valence-corrected chi connectivity index (χ0v) is 11.6. The molecule has 100 valence electrons. The van der Waals surface area contributed by atoms with E-state index in [4.69, 9.17) is 9.47 Å². The average Bonchev–Trinajstić information content (AvgIpc) is 2.16. The van der Waals surface area contributed by atoms with E-state index in [0.717, 1.165) is 0 Å². The number of hydrogen-bond donors (Lipinski definition) is 0. The standard InChI is InChI=1S/C13H24O4/c1-7-11(13(15)17-9(4)5)10(6)12(14)16-8(2)3/h8-11H,7H2,1-6H3. The molecular weight excluding hydrogens is 220 g/mol. The van der Waals surface area contributed by atoms with E-state index in [2.05, 4.69) is 0 Å². The van der Waals surface area contributed by atoms with Crippen molar-refractivity contribution in [2.24, 2.45) is 11.8 Å². The van der Waals surface area contributed by atoms with E-state index < -0.39 is 11.8 Å². The van der Waals surface area contributed by atoms with Crippen LogP contribution in [0.1, 0.15) is 48.0 Å². The molecule has 0 bridgehead atoms. The number of carbonyl (C=O) groups excluding carboxylic acids is 2. The fourth-order valence-electron chi connectivity index (χ4n) is 1.55. The summed E-state index contributed by atoms with van der Waals surface area (Å²) >= 11 is 0. The minimum absolute atomic E-state index is 0.162. The first-order chi connectivity index (χ1) is 7.79. The van der Waals surface area contributed by atoms with Crippen LogP contribution in [0.25, 0.3) is 0 Å². The van der Waals surface area contributed by atoms with Crippen molar-refractivity contribution in [1.82, 2.24) is 0 Å². The number of hydrogen-bond acceptors (Lipinski definition) is 4. The molecule has 0 aromatic rings. The van der Waals surface area contributed by atoms with Crippen molar-refractivity contribution in [3.63, 3.8) is 0 Å². The maximum Gasteiger partial charge on any atom is 0.310 e. The Labute approximate surface area is 104 Å². The van der Waals surface area contributed by atoms with Gasteiger partial charge < -0.3 is 9.47 Å². The highest BCUT2D eigenvalue weighted by atomic mass is 16.5. The molecule has 2 unspecified atom stereocenters. The van der Waals surface area contributed by atoms with Gasteiger partial charge in [0.1, 0.15) is 0 Å². The lowest BCUT2D eigenvalue weighted by atomic mass is 9.91. The van der Waals surface area contributed by atoms with Crippen molar-refractivity contribution in [3.05, 3.63) is 0 Å². The van der Waals surface area contributed by atoms with Gasteiger partial charge in [-0.2, -0.15) is 0 Å². The normalized spacial score (nSPS) is 14.6. The first-order valence-corrected chi connectivity index (χ1v) is 6.20. The van der Waals surface area contributed by atoms with Gasteiger partial charge in [-0.15, -0.1) is 0 Å². The second-order valence-electron chi connectivity index (χ2n) is 4.77. The summed E-state index contributed by atoms with van der Waals surface area (Å²) in [6.07, 6.45) is 0.244. The lowest BCUT2D eigenvalue weighted by molar-refractivity contribution is -0.164. The van der Waals surface area contributed by atoms with Crippen molar-refractivity contribution in [1.29, 1.82) is 0 Å². The summed E-state index contributed by atoms with van der Waals surface area (Å²) in [6.45, 7) is 10.7. The molecule has 0 aromatic heterocycles. The van der Waals surface area contributed by atoms with Crippen LogP contribution in [0.4, 0.5) is 0 Å². The number of esters is 2. The topological polar surface area (TPSA) is 52.6 Å². The second-order valence-corrected chi connectivity index (χ2v) is 4.77. The number of rotatable bonds is 6. The summed E-state index contributed by atoms with van der Waals surface area (Å²) < 4.78 is 10.2. The first-order valence-electron chi connectivity index (χ1n) is 6.20. The number of ether oxygens (including phenoxy) is 2. The largest absolute Gasteiger partial charge is 0.463 e. The predicted octanol–water partition coefficient (Wildman–Crippen LogP) is 2.55. The molecule has 17 heavy (non-hydrogen) atoms. The van der Waals surface area contributed by atoms with Crippen LogP contribution >= 0.6 is 0 Å². The van der Waals surface area contributed by atoms with Crippen molar-refractivity contribution >= 4 is 11.9 Å². The van der Waals surface area contributed by atoms with Crippen LogP contribution in [0.3, 0.4) is 0 Å². The van der Waals surface area contributed by atoms with Crippen molar-refractivity contribution in [2.45, 2.75) is 60.2 Å². The fourth-order valence-corrected chi connectivity index (χ4v) is 1.55. The smallest absolute Gasteiger partial charge is 0.310 e. The highest BCUT2D eigenvalue weighted by Crippen LogP contribution is 2.20. The van der Waals surface area contributed by atoms with Crippen LogP contribution in [0.15, 0.2) is 0 Å². The fraction of sp³-hybridized carbons (Fsp3) is 0.846. The summed E-state index contributed by atoms with van der Waals surface area (Å²) in [6, 6.07) is 0. The molecule has 0 aliphatic heterocycles. The van der Waals surface area contributed by atoms with Gasteiger partial charge in [-0.3, -0.25) is 9.59 Å². The summed E-state index contributed by atoms with van der Waals surface area (Å²) in [5.74, 6) is -1.56. The molecule has 0 rings (SSSR count). The molecule has 0 heterocycles. The Morgan fingerprint density at radius 2 is 1.29 bits per heavy atom. The van der Waals surface area contributed by atoms with Crippen LogP contribution in [0.2, 0.25) is 0 Å². The van der Waals surface area contributed by atoms with E-state index in [9.17, 15) is 9.59 Å². The van der Waals surface area contributed by atoms with Crippen molar-refractivity contribution in [2.75, 3.05) is 0 Å². The van der Waals surface area contributed by atoms with E-state index in [-0.39, 0.29) is 24.1 Å². The van der Waals surface area contributed by atoms with E-state index in [1.54, 1.807) is 34.6 Å². The maximum absolute atomic E-state index is 11.8. The van der Waals surface area contributed by atoms with Gasteiger partial charge in [-0.05, 0) is 34.1 Å². The molecule has 0 saturated carbocycles. The maximum atomic E-state index is 11.8. The third-order valence-corrected chi connectivity index (χ3v) is 2.42. The van der Waals surface area contributed by atoms with E-state index in [0.29, 0.717) is 6.42 Å². The van der Waals surface area contributed by atoms with Gasteiger partial charge in [0.25, 0.3) is 0 Å². The summed E-state index contributed by atoms with van der Waals surface area (Å²) in [4.78, 5) is 23.5. The summed E-state index contributed by atoms with van der Waals surface area (Å²) in [5.41, 5.74) is 0. The Morgan fingerprint density at radius 3 is 1.65 bits per heavy atom. The Kier molecular flexibility index (Phi) is 6.85. The molecule has 0 amide bonds. The highest BCUT2D eigenvalue weighted by molar-refractivity contribution is 5.81. The Balaban J connectivity index is 4.53. The molecule has 0 aromatic carbocycles. The Bertz CT molecular complexity index is 258. The summed E-state index contributed by atoms with van der Waals surface area (Å²) in [5, 5.41) is 0. The summed E-state index contributed by atoms with van der Waals surface area (Å²) in [7, 11) is 0. The molecule has 0 spiro atoms. The van der Waals surface area contributed by atoms with E-state index in [1.807, 2.05) is 6.92 Å². The quantitative estimate of drug-likeness (QED) is 0.674. The number of carbonyl (C=O) groups is 2. The lowest BCUT2D eigenvalue weighted by Gasteiger charge is -2.22. The predicted molar refractivity (Wildman–Crippen MR) is 65.4 cm³/mol. The Hall–Kier alpha value is -1.06. The van der Waals surface area contributed by atoms with Crippen LogP contribution in [0.5, 0.6) is 0 Å². The van der Waals surface area contributed by atoms with Crippen molar-refractivity contribution in [3.8, 4) is 0 Å². The van der Waals surface area contributed by atoms with Crippen LogP contribution in [-0.2, 0) is 19.1 Å². The highest BCUT2D eigenvalue weighted by Gasteiger charge is 2.31. The molecule has 2 atom stereocenters. The zero-order valence-electron chi connectivity index (χ0n) is 11.6. The SMILES string of the molecule is CCC(C(=O)OC(C)C)C(C)C(=O)OC(C)C. The molecule has 0 radical (unpaired) electrons. The van der Waals surface area contributed by atoms with Gasteiger partial charge >= 0.3 is 11.9 Å². The van der Waals surface area contributed by atoms with E-state index in [1.165, 1.54) is 0 Å². The monoisotopic (exact) mass is 244 g/mol. The molecule has 4 nitrogen and oxygen atoms in total. The van der Waals surface area contributed by atoms with E-state index >= 15 is 0 Å². The zero-order chi connectivity index (χ0) is 13.6. The third-order valence-electron chi connectivity index (χ3n) is 2.42. The van der Waals surface area contributed by atoms with Crippen LogP contribution in [-0.4, -0.2) is 24.1 Å². The first kappa shape index (κ1) is 15.9. The van der Waals surface area contributed by atoms with Gasteiger partial charge in [0, 0.05) is 0 Å². The van der Waals surface area contributed by atoms with Gasteiger partial charge in [0.2, 0.25) is 0 Å². The van der Waals surface area contributed by atoms with Gasteiger partial charge in [-0.25, -0.2) is 0 Å². The molecule has 0 aliphatic carbocycles. The van der Waals surface area contributed by atoms with Gasteiger partial charge in [0.15, 0.2) is 0 Å². The van der Waals surface area contributed by atoms with Gasteiger partial charge in [-0.1, -0.05) is 13.8 Å². The minimum Gasteiger partial charge on any atom is -0.463 e. The molecule has 0 fully saturated rings. The van der Waals surface area contributed by atoms with Crippen molar-refractivity contribution < 1.29 is 19.1 Å². The van der Waals surface area contributed by atoms with Crippen LogP contribution in [0, 0.1) is 11.8 Å². The second kappa shape index (κ2) is 7.30. The molecule has 4 heteroatoms. The molecule has 0 saturated heterocycles. The molecular formula is C13H24O4. The average molecular weight is 244 g/mol. The van der Waals surface area contributed by atoms with Crippen LogP contribution < -0.4 is 0 Å². The Morgan fingerprint density at radius 1 is 0.882 bits per heavy atom. The van der Waals surface area contributed by atoms with Gasteiger partial charge in [0.05, 0.1) is 24.0 Å².